The molecule has 0 aliphatic carbocycles. The van der Waals surface area contributed by atoms with Crippen LogP contribution in [-0.2, 0) is 11.2 Å². The van der Waals surface area contributed by atoms with Gasteiger partial charge < -0.3 is 19.6 Å². The molecule has 6 nitrogen and oxygen atoms in total. The molecule has 1 aromatic heterocycles. The number of amides is 1. The molecule has 21 heavy (non-hydrogen) atoms. The summed E-state index contributed by atoms with van der Waals surface area (Å²) in [5.74, 6) is -0.335. The smallest absolute Gasteiger partial charge is 0.407 e. The number of carbonyl (C=O) groups is 2. The van der Waals surface area contributed by atoms with Crippen molar-refractivity contribution in [2.75, 3.05) is 13.2 Å². The molecule has 1 heterocycles. The lowest BCUT2D eigenvalue weighted by atomic mass is 10.1. The normalized spacial score (nSPS) is 10.3. The number of hydrogen-bond acceptors (Lipinski definition) is 4. The topological polar surface area (TPSA) is 88.8 Å². The molecule has 1 amide bonds. The first-order valence-electron chi connectivity index (χ1n) is 6.37. The third-order valence-corrected chi connectivity index (χ3v) is 2.79. The molecular formula is C15H15NO5. The van der Waals surface area contributed by atoms with E-state index in [0.29, 0.717) is 24.3 Å². The number of alkyl carbamates (subject to hydrolysis) is 1. The van der Waals surface area contributed by atoms with Crippen LogP contribution in [0.2, 0.25) is 0 Å². The molecule has 2 N–H and O–H groups in total. The lowest BCUT2D eigenvalue weighted by Gasteiger charge is -2.03. The zero-order chi connectivity index (χ0) is 15.2. The summed E-state index contributed by atoms with van der Waals surface area (Å²) in [6.45, 7) is 3.97. The van der Waals surface area contributed by atoms with E-state index >= 15 is 0 Å². The van der Waals surface area contributed by atoms with Crippen molar-refractivity contribution in [1.82, 2.24) is 5.32 Å². The maximum absolute atomic E-state index is 11.2. The minimum Gasteiger partial charge on any atom is -0.478 e. The first kappa shape index (κ1) is 14.6. The van der Waals surface area contributed by atoms with Gasteiger partial charge in [0.2, 0.25) is 0 Å². The molecule has 0 fully saturated rings. The molecule has 0 spiro atoms. The Morgan fingerprint density at radius 2 is 2.19 bits per heavy atom. The maximum atomic E-state index is 11.2. The minimum absolute atomic E-state index is 0.161. The molecule has 0 bridgehead atoms. The predicted octanol–water partition coefficient (Wildman–Crippen LogP) is 2.59. The van der Waals surface area contributed by atoms with Gasteiger partial charge in [-0.25, -0.2) is 9.59 Å². The average Bonchev–Trinajstić information content (AvgIpc) is 2.86. The van der Waals surface area contributed by atoms with Crippen molar-refractivity contribution in [2.45, 2.75) is 6.42 Å². The van der Waals surface area contributed by atoms with E-state index in [1.54, 1.807) is 6.07 Å². The van der Waals surface area contributed by atoms with Crippen LogP contribution in [0.4, 0.5) is 4.79 Å². The van der Waals surface area contributed by atoms with Gasteiger partial charge in [0.25, 0.3) is 0 Å². The van der Waals surface area contributed by atoms with Crippen LogP contribution in [0.25, 0.3) is 11.0 Å². The highest BCUT2D eigenvalue weighted by atomic mass is 16.5. The number of carboxylic acid groups (broad SMARTS) is 1. The van der Waals surface area contributed by atoms with E-state index in [1.807, 2.05) is 6.07 Å². The Balaban J connectivity index is 1.95. The fourth-order valence-electron chi connectivity index (χ4n) is 1.82. The van der Waals surface area contributed by atoms with Gasteiger partial charge in [0.15, 0.2) is 0 Å². The molecule has 2 rings (SSSR count). The van der Waals surface area contributed by atoms with Gasteiger partial charge in [0.1, 0.15) is 18.0 Å². The number of carbonyl (C=O) groups excluding carboxylic acids is 1. The summed E-state index contributed by atoms with van der Waals surface area (Å²) in [6.07, 6.45) is 1.46. The largest absolute Gasteiger partial charge is 0.478 e. The van der Waals surface area contributed by atoms with Crippen molar-refractivity contribution in [3.8, 4) is 0 Å². The van der Waals surface area contributed by atoms with Gasteiger partial charge in [-0.3, -0.25) is 0 Å². The van der Waals surface area contributed by atoms with E-state index in [0.717, 1.165) is 5.39 Å². The monoisotopic (exact) mass is 289 g/mol. The molecule has 2 aromatic rings. The highest BCUT2D eigenvalue weighted by molar-refractivity contribution is 5.92. The van der Waals surface area contributed by atoms with Crippen molar-refractivity contribution >= 4 is 23.0 Å². The lowest BCUT2D eigenvalue weighted by Crippen LogP contribution is -2.26. The first-order chi connectivity index (χ1) is 10.1. The zero-order valence-corrected chi connectivity index (χ0v) is 11.3. The number of aromatic carboxylic acids is 1. The molecule has 0 aliphatic heterocycles. The van der Waals surface area contributed by atoms with Gasteiger partial charge in [-0.15, -0.1) is 0 Å². The van der Waals surface area contributed by atoms with Gasteiger partial charge in [-0.2, -0.15) is 0 Å². The summed E-state index contributed by atoms with van der Waals surface area (Å²) >= 11 is 0. The molecule has 0 saturated carbocycles. The Hall–Kier alpha value is -2.76. The van der Waals surface area contributed by atoms with Crippen molar-refractivity contribution in [1.29, 1.82) is 0 Å². The summed E-state index contributed by atoms with van der Waals surface area (Å²) in [6, 6.07) is 6.51. The zero-order valence-electron chi connectivity index (χ0n) is 11.3. The van der Waals surface area contributed by atoms with Crippen LogP contribution in [0.5, 0.6) is 0 Å². The van der Waals surface area contributed by atoms with E-state index in [9.17, 15) is 9.59 Å². The van der Waals surface area contributed by atoms with Crippen LogP contribution in [0.3, 0.4) is 0 Å². The van der Waals surface area contributed by atoms with Crippen molar-refractivity contribution in [3.05, 3.63) is 48.2 Å². The van der Waals surface area contributed by atoms with Gasteiger partial charge >= 0.3 is 12.1 Å². The number of hydrogen-bond donors (Lipinski definition) is 2. The molecule has 0 aliphatic rings. The second-order valence-corrected chi connectivity index (χ2v) is 4.33. The summed E-state index contributed by atoms with van der Waals surface area (Å²) in [5, 5.41) is 12.3. The first-order valence-corrected chi connectivity index (χ1v) is 6.37. The molecule has 0 unspecified atom stereocenters. The number of rotatable bonds is 6. The number of benzene rings is 1. The van der Waals surface area contributed by atoms with Crippen LogP contribution in [0, 0.1) is 0 Å². The van der Waals surface area contributed by atoms with Crippen LogP contribution in [0.15, 0.2) is 41.3 Å². The van der Waals surface area contributed by atoms with Crippen LogP contribution in [-0.4, -0.2) is 30.3 Å². The summed E-state index contributed by atoms with van der Waals surface area (Å²) < 4.78 is 10.3. The molecule has 0 radical (unpaired) electrons. The van der Waals surface area contributed by atoms with E-state index in [4.69, 9.17) is 14.3 Å². The van der Waals surface area contributed by atoms with E-state index in [2.05, 4.69) is 11.9 Å². The van der Waals surface area contributed by atoms with Crippen molar-refractivity contribution in [2.24, 2.45) is 0 Å². The van der Waals surface area contributed by atoms with E-state index < -0.39 is 12.1 Å². The number of fused-ring (bicyclic) bond motifs is 1. The average molecular weight is 289 g/mol. The third kappa shape index (κ3) is 3.85. The van der Waals surface area contributed by atoms with Gasteiger partial charge in [-0.05, 0) is 18.2 Å². The van der Waals surface area contributed by atoms with Crippen LogP contribution < -0.4 is 5.32 Å². The maximum Gasteiger partial charge on any atom is 0.407 e. The highest BCUT2D eigenvalue weighted by Gasteiger charge is 2.08. The Morgan fingerprint density at radius 3 is 2.90 bits per heavy atom. The second-order valence-electron chi connectivity index (χ2n) is 4.33. The molecule has 0 atom stereocenters. The van der Waals surface area contributed by atoms with E-state index in [-0.39, 0.29) is 12.2 Å². The predicted molar refractivity (Wildman–Crippen MR) is 76.4 cm³/mol. The summed E-state index contributed by atoms with van der Waals surface area (Å²) in [4.78, 5) is 22.1. The van der Waals surface area contributed by atoms with E-state index in [1.165, 1.54) is 18.2 Å². The Bertz CT molecular complexity index is 674. The Morgan fingerprint density at radius 1 is 1.38 bits per heavy atom. The van der Waals surface area contributed by atoms with Crippen LogP contribution >= 0.6 is 0 Å². The Labute approximate surface area is 121 Å². The molecular weight excluding hydrogens is 274 g/mol. The number of carboxylic acids is 1. The molecule has 110 valence electrons. The summed E-state index contributed by atoms with van der Waals surface area (Å²) in [5.41, 5.74) is 0.689. The van der Waals surface area contributed by atoms with Gasteiger partial charge in [0, 0.05) is 18.4 Å². The van der Waals surface area contributed by atoms with Crippen molar-refractivity contribution < 1.29 is 23.8 Å². The van der Waals surface area contributed by atoms with Gasteiger partial charge in [-0.1, -0.05) is 18.7 Å². The SMILES string of the molecule is C=CCOC(=O)NCCc1cc2ccc(C(=O)O)cc2o1. The van der Waals surface area contributed by atoms with Crippen molar-refractivity contribution in [3.63, 3.8) is 0 Å². The lowest BCUT2D eigenvalue weighted by molar-refractivity contribution is 0.0697. The number of ether oxygens (including phenoxy) is 1. The molecule has 1 aromatic carbocycles. The van der Waals surface area contributed by atoms with Crippen LogP contribution in [0.1, 0.15) is 16.1 Å². The summed E-state index contributed by atoms with van der Waals surface area (Å²) in [7, 11) is 0. The third-order valence-electron chi connectivity index (χ3n) is 2.79. The van der Waals surface area contributed by atoms with Gasteiger partial charge in [0.05, 0.1) is 5.56 Å². The fourth-order valence-corrected chi connectivity index (χ4v) is 1.82. The molecule has 0 saturated heterocycles. The standard InChI is InChI=1S/C15H15NO5/c1-2-7-20-15(19)16-6-5-12-8-10-3-4-11(14(17)18)9-13(10)21-12/h2-4,8-9H,1,5-7H2,(H,16,19)(H,17,18). The highest BCUT2D eigenvalue weighted by Crippen LogP contribution is 2.21. The number of furan rings is 1. The fraction of sp³-hybridized carbons (Fsp3) is 0.200. The molecule has 6 heteroatoms. The second kappa shape index (κ2) is 6.60. The number of nitrogens with one attached hydrogen (secondary N) is 1. The minimum atomic E-state index is -0.999. The Kier molecular flexibility index (Phi) is 4.61. The quantitative estimate of drug-likeness (QED) is 0.798.